The summed E-state index contributed by atoms with van der Waals surface area (Å²) in [5.74, 6) is 0. The largest absolute Gasteiger partial charge is 0.294 e. The van der Waals surface area contributed by atoms with Crippen LogP contribution in [0.1, 0.15) is 76.7 Å². The number of unbranched alkanes of at least 4 members (excludes halogenated alkanes) is 9. The van der Waals surface area contributed by atoms with E-state index in [0.29, 0.717) is 6.42 Å². The minimum atomic E-state index is -4.10. The third kappa shape index (κ3) is 10.2. The van der Waals surface area contributed by atoms with Crippen molar-refractivity contribution in [2.24, 2.45) is 0 Å². The molecule has 0 aromatic heterocycles. The molecule has 0 saturated carbocycles. The van der Waals surface area contributed by atoms with Crippen LogP contribution < -0.4 is 0 Å². The fourth-order valence-corrected chi connectivity index (χ4v) is 3.52. The second-order valence-electron chi connectivity index (χ2n) is 6.01. The predicted octanol–water partition coefficient (Wildman–Crippen LogP) is 5.02. The first-order valence-corrected chi connectivity index (χ1v) is 10.0. The molecule has 0 fully saturated rings. The number of rotatable bonds is 12. The van der Waals surface area contributed by atoms with Gasteiger partial charge in [0, 0.05) is 18.9 Å². The summed E-state index contributed by atoms with van der Waals surface area (Å²) in [4.78, 5) is 0.0610. The van der Waals surface area contributed by atoms with Crippen LogP contribution >= 0.6 is 0 Å². The fourth-order valence-electron chi connectivity index (χ4n) is 2.76. The molecule has 0 heterocycles. The molecular formula is C18H30LiO3S. The Morgan fingerprint density at radius 3 is 1.83 bits per heavy atom. The summed E-state index contributed by atoms with van der Waals surface area (Å²) in [6, 6.07) is 6.73. The van der Waals surface area contributed by atoms with Crippen molar-refractivity contribution >= 4 is 29.0 Å². The van der Waals surface area contributed by atoms with Gasteiger partial charge in [0.1, 0.15) is 0 Å². The maximum absolute atomic E-state index is 11.3. The summed E-state index contributed by atoms with van der Waals surface area (Å²) >= 11 is 0. The number of hydrogen-bond acceptors (Lipinski definition) is 2. The molecule has 3 nitrogen and oxygen atoms in total. The normalized spacial score (nSPS) is 11.2. The minimum absolute atomic E-state index is 0. The Morgan fingerprint density at radius 1 is 0.826 bits per heavy atom. The van der Waals surface area contributed by atoms with Crippen LogP contribution in [0, 0.1) is 0 Å². The standard InChI is InChI=1S/C18H30O3S.Li/c1-2-3-4-5-6-7-8-9-10-11-14-17-15-12-13-16-18(17)22(19,20)21;/h12-13,15-16H,2-11,14H2,1H3,(H,19,20,21);. The van der Waals surface area contributed by atoms with E-state index in [9.17, 15) is 13.0 Å². The van der Waals surface area contributed by atoms with Gasteiger partial charge in [0.2, 0.25) is 0 Å². The molecule has 5 heteroatoms. The van der Waals surface area contributed by atoms with E-state index in [2.05, 4.69) is 6.92 Å². The maximum atomic E-state index is 11.3. The number of aryl methyl sites for hydroxylation is 1. The van der Waals surface area contributed by atoms with Crippen LogP contribution in [-0.4, -0.2) is 31.8 Å². The average molecular weight is 333 g/mol. The summed E-state index contributed by atoms with van der Waals surface area (Å²) in [7, 11) is -4.10. The number of hydrogen-bond donors (Lipinski definition) is 1. The molecule has 1 rings (SSSR count). The molecule has 0 aliphatic heterocycles. The zero-order valence-electron chi connectivity index (χ0n) is 14.8. The molecule has 1 radical (unpaired) electrons. The van der Waals surface area contributed by atoms with E-state index >= 15 is 0 Å². The molecule has 1 aromatic rings. The molecule has 1 aromatic carbocycles. The molecule has 0 aliphatic rings. The Kier molecular flexibility index (Phi) is 12.9. The summed E-state index contributed by atoms with van der Waals surface area (Å²) < 4.78 is 31.8. The SMILES string of the molecule is CCCCCCCCCCCCc1ccccc1S(=O)(=O)O.[Li]. The summed E-state index contributed by atoms with van der Waals surface area (Å²) in [5, 5.41) is 0. The first-order valence-electron chi connectivity index (χ1n) is 8.61. The second-order valence-corrected chi connectivity index (χ2v) is 7.40. The Bertz CT molecular complexity index is 515. The van der Waals surface area contributed by atoms with Gasteiger partial charge in [-0.1, -0.05) is 82.9 Å². The quantitative estimate of drug-likeness (QED) is 0.332. The first-order chi connectivity index (χ1) is 10.6. The van der Waals surface area contributed by atoms with Crippen molar-refractivity contribution in [3.05, 3.63) is 29.8 Å². The van der Waals surface area contributed by atoms with Gasteiger partial charge in [0.15, 0.2) is 0 Å². The molecule has 0 aliphatic carbocycles. The van der Waals surface area contributed by atoms with E-state index < -0.39 is 10.1 Å². The van der Waals surface area contributed by atoms with Crippen molar-refractivity contribution < 1.29 is 13.0 Å². The molecule has 127 valence electrons. The fraction of sp³-hybridized carbons (Fsp3) is 0.667. The van der Waals surface area contributed by atoms with E-state index in [-0.39, 0.29) is 23.8 Å². The van der Waals surface area contributed by atoms with Crippen LogP contribution in [0.4, 0.5) is 0 Å². The third-order valence-corrected chi connectivity index (χ3v) is 5.00. The Morgan fingerprint density at radius 2 is 1.30 bits per heavy atom. The van der Waals surface area contributed by atoms with E-state index in [1.807, 2.05) is 6.07 Å². The van der Waals surface area contributed by atoms with Gasteiger partial charge in [0.05, 0.1) is 4.90 Å². The molecule has 0 amide bonds. The topological polar surface area (TPSA) is 54.4 Å². The summed E-state index contributed by atoms with van der Waals surface area (Å²) in [5.41, 5.74) is 0.726. The first kappa shape index (κ1) is 22.7. The van der Waals surface area contributed by atoms with Crippen LogP contribution in [0.3, 0.4) is 0 Å². The predicted molar refractivity (Wildman–Crippen MR) is 97.6 cm³/mol. The molecule has 0 atom stereocenters. The Balaban J connectivity index is 0.00000484. The van der Waals surface area contributed by atoms with E-state index in [4.69, 9.17) is 0 Å². The molecular weight excluding hydrogens is 303 g/mol. The van der Waals surface area contributed by atoms with E-state index in [0.717, 1.165) is 18.4 Å². The summed E-state index contributed by atoms with van der Waals surface area (Å²) in [6.45, 7) is 2.24. The molecule has 1 N–H and O–H groups in total. The third-order valence-electron chi connectivity index (χ3n) is 4.05. The van der Waals surface area contributed by atoms with Gasteiger partial charge in [-0.25, -0.2) is 0 Å². The van der Waals surface area contributed by atoms with E-state index in [1.54, 1.807) is 12.1 Å². The second kappa shape index (κ2) is 13.1. The van der Waals surface area contributed by atoms with Crippen LogP contribution in [-0.2, 0) is 16.5 Å². The molecule has 0 unspecified atom stereocenters. The van der Waals surface area contributed by atoms with Gasteiger partial charge in [-0.05, 0) is 24.5 Å². The summed E-state index contributed by atoms with van der Waals surface area (Å²) in [6.07, 6.45) is 13.3. The van der Waals surface area contributed by atoms with Crippen molar-refractivity contribution in [2.45, 2.75) is 82.4 Å². The van der Waals surface area contributed by atoms with Gasteiger partial charge in [0.25, 0.3) is 10.1 Å². The zero-order valence-corrected chi connectivity index (χ0v) is 15.6. The van der Waals surface area contributed by atoms with Gasteiger partial charge in [-0.3, -0.25) is 4.55 Å². The molecule has 0 bridgehead atoms. The zero-order chi connectivity index (χ0) is 16.3. The van der Waals surface area contributed by atoms with Crippen LogP contribution in [0.2, 0.25) is 0 Å². The van der Waals surface area contributed by atoms with Crippen molar-refractivity contribution in [3.63, 3.8) is 0 Å². The van der Waals surface area contributed by atoms with Crippen LogP contribution in [0.5, 0.6) is 0 Å². The average Bonchev–Trinajstić information content (AvgIpc) is 2.48. The van der Waals surface area contributed by atoms with Gasteiger partial charge < -0.3 is 0 Å². The van der Waals surface area contributed by atoms with Crippen molar-refractivity contribution in [1.29, 1.82) is 0 Å². The maximum Gasteiger partial charge on any atom is 0.294 e. The Hall–Kier alpha value is -0.273. The Labute approximate surface area is 154 Å². The van der Waals surface area contributed by atoms with Crippen LogP contribution in [0.25, 0.3) is 0 Å². The number of benzene rings is 1. The molecule has 0 saturated heterocycles. The molecule has 23 heavy (non-hydrogen) atoms. The van der Waals surface area contributed by atoms with E-state index in [1.165, 1.54) is 57.4 Å². The van der Waals surface area contributed by atoms with Crippen molar-refractivity contribution in [2.75, 3.05) is 0 Å². The van der Waals surface area contributed by atoms with Gasteiger partial charge in [-0.15, -0.1) is 0 Å². The molecule has 0 spiro atoms. The smallest absolute Gasteiger partial charge is 0.282 e. The minimum Gasteiger partial charge on any atom is -0.282 e. The van der Waals surface area contributed by atoms with Crippen molar-refractivity contribution in [3.8, 4) is 0 Å². The van der Waals surface area contributed by atoms with Gasteiger partial charge >= 0.3 is 0 Å². The van der Waals surface area contributed by atoms with Crippen LogP contribution in [0.15, 0.2) is 29.2 Å². The monoisotopic (exact) mass is 333 g/mol. The van der Waals surface area contributed by atoms with Crippen molar-refractivity contribution in [1.82, 2.24) is 0 Å². The van der Waals surface area contributed by atoms with Gasteiger partial charge in [-0.2, -0.15) is 8.42 Å².